The van der Waals surface area contributed by atoms with Crippen LogP contribution in [0.5, 0.6) is 0 Å². The molecule has 1 amide bonds. The van der Waals surface area contributed by atoms with Gasteiger partial charge in [0.15, 0.2) is 0 Å². The third kappa shape index (κ3) is 1.64. The molecule has 1 saturated heterocycles. The van der Waals surface area contributed by atoms with E-state index in [0.717, 1.165) is 31.4 Å². The Morgan fingerprint density at radius 3 is 2.65 bits per heavy atom. The Balaban J connectivity index is 1.90. The number of amides is 1. The number of carbonyl (C=O) groups excluding carboxylic acids is 1. The van der Waals surface area contributed by atoms with Gasteiger partial charge in [-0.3, -0.25) is 4.90 Å². The Labute approximate surface area is 100 Å². The van der Waals surface area contributed by atoms with Crippen molar-refractivity contribution in [1.29, 1.82) is 0 Å². The molecule has 4 nitrogen and oxygen atoms in total. The molecule has 2 N–H and O–H groups in total. The summed E-state index contributed by atoms with van der Waals surface area (Å²) >= 11 is 0. The first-order valence-electron chi connectivity index (χ1n) is 6.05. The van der Waals surface area contributed by atoms with Gasteiger partial charge in [0.1, 0.15) is 5.60 Å². The third-order valence-corrected chi connectivity index (χ3v) is 3.71. The molecule has 1 saturated carbocycles. The molecular formula is C13H16N2O2. The highest BCUT2D eigenvalue weighted by Crippen LogP contribution is 2.40. The Morgan fingerprint density at radius 1 is 1.24 bits per heavy atom. The van der Waals surface area contributed by atoms with Gasteiger partial charge in [-0.25, -0.2) is 4.79 Å². The van der Waals surface area contributed by atoms with Crippen LogP contribution in [0.2, 0.25) is 0 Å². The lowest BCUT2D eigenvalue weighted by molar-refractivity contribution is 0.0629. The summed E-state index contributed by atoms with van der Waals surface area (Å²) in [5.74, 6) is 0. The van der Waals surface area contributed by atoms with Gasteiger partial charge in [-0.15, -0.1) is 0 Å². The number of ether oxygens (including phenoxy) is 1. The lowest BCUT2D eigenvalue weighted by Gasteiger charge is -2.20. The quantitative estimate of drug-likeness (QED) is 0.757. The average molecular weight is 232 g/mol. The summed E-state index contributed by atoms with van der Waals surface area (Å²) < 4.78 is 5.56. The summed E-state index contributed by atoms with van der Waals surface area (Å²) in [6.07, 6.45) is 3.98. The van der Waals surface area contributed by atoms with E-state index in [2.05, 4.69) is 0 Å². The summed E-state index contributed by atoms with van der Waals surface area (Å²) in [6, 6.07) is 7.43. The van der Waals surface area contributed by atoms with Crippen LogP contribution in [0.4, 0.5) is 16.2 Å². The van der Waals surface area contributed by atoms with Crippen molar-refractivity contribution in [2.45, 2.75) is 31.3 Å². The van der Waals surface area contributed by atoms with Crippen molar-refractivity contribution in [2.24, 2.45) is 0 Å². The second-order valence-electron chi connectivity index (χ2n) is 4.90. The molecule has 1 aliphatic heterocycles. The fraction of sp³-hybridized carbons (Fsp3) is 0.462. The summed E-state index contributed by atoms with van der Waals surface area (Å²) in [4.78, 5) is 13.6. The molecule has 1 aromatic carbocycles. The Kier molecular flexibility index (Phi) is 2.24. The topological polar surface area (TPSA) is 55.6 Å². The third-order valence-electron chi connectivity index (χ3n) is 3.71. The fourth-order valence-electron chi connectivity index (χ4n) is 2.82. The van der Waals surface area contributed by atoms with Gasteiger partial charge in [-0.05, 0) is 37.8 Å². The van der Waals surface area contributed by atoms with Crippen molar-refractivity contribution < 1.29 is 9.53 Å². The smallest absolute Gasteiger partial charge is 0.415 e. The van der Waals surface area contributed by atoms with E-state index in [1.807, 2.05) is 24.3 Å². The van der Waals surface area contributed by atoms with Gasteiger partial charge in [-0.2, -0.15) is 0 Å². The predicted molar refractivity (Wildman–Crippen MR) is 65.9 cm³/mol. The molecule has 0 unspecified atom stereocenters. The monoisotopic (exact) mass is 232 g/mol. The number of anilines is 2. The first kappa shape index (κ1) is 10.4. The SMILES string of the molecule is Nc1ccccc1N1CC2(CCCC2)OC1=O. The lowest BCUT2D eigenvalue weighted by Crippen LogP contribution is -2.31. The molecule has 90 valence electrons. The highest BCUT2D eigenvalue weighted by atomic mass is 16.6. The number of hydrogen-bond acceptors (Lipinski definition) is 3. The summed E-state index contributed by atoms with van der Waals surface area (Å²) in [6.45, 7) is 0.639. The van der Waals surface area contributed by atoms with Gasteiger partial charge < -0.3 is 10.5 Å². The van der Waals surface area contributed by atoms with Gasteiger partial charge in [0.2, 0.25) is 0 Å². The first-order chi connectivity index (χ1) is 8.20. The number of nitrogens with zero attached hydrogens (tertiary/aromatic N) is 1. The van der Waals surface area contributed by atoms with E-state index < -0.39 is 0 Å². The normalized spacial score (nSPS) is 22.1. The number of hydrogen-bond donors (Lipinski definition) is 1. The number of benzene rings is 1. The molecule has 0 bridgehead atoms. The van der Waals surface area contributed by atoms with Crippen LogP contribution < -0.4 is 10.6 Å². The van der Waals surface area contributed by atoms with Crippen LogP contribution in [-0.2, 0) is 4.74 Å². The van der Waals surface area contributed by atoms with Gasteiger partial charge in [0.25, 0.3) is 0 Å². The maximum atomic E-state index is 11.9. The molecule has 0 radical (unpaired) electrons. The first-order valence-corrected chi connectivity index (χ1v) is 6.05. The van der Waals surface area contributed by atoms with E-state index in [4.69, 9.17) is 10.5 Å². The second-order valence-corrected chi connectivity index (χ2v) is 4.90. The van der Waals surface area contributed by atoms with E-state index in [-0.39, 0.29) is 11.7 Å². The van der Waals surface area contributed by atoms with Crippen molar-refractivity contribution >= 4 is 17.5 Å². The van der Waals surface area contributed by atoms with E-state index >= 15 is 0 Å². The van der Waals surface area contributed by atoms with E-state index in [9.17, 15) is 4.79 Å². The molecule has 1 aromatic rings. The Bertz CT molecular complexity index is 452. The maximum absolute atomic E-state index is 11.9. The van der Waals surface area contributed by atoms with Gasteiger partial charge >= 0.3 is 6.09 Å². The van der Waals surface area contributed by atoms with Crippen molar-refractivity contribution in [3.8, 4) is 0 Å². The molecular weight excluding hydrogens is 216 g/mol. The van der Waals surface area contributed by atoms with Crippen molar-refractivity contribution in [3.05, 3.63) is 24.3 Å². The van der Waals surface area contributed by atoms with Crippen molar-refractivity contribution in [3.63, 3.8) is 0 Å². The number of carbonyl (C=O) groups is 1. The summed E-state index contributed by atoms with van der Waals surface area (Å²) in [5.41, 5.74) is 7.04. The van der Waals surface area contributed by atoms with E-state index in [1.54, 1.807) is 4.90 Å². The zero-order chi connectivity index (χ0) is 11.9. The molecule has 1 aliphatic carbocycles. The van der Waals surface area contributed by atoms with Crippen LogP contribution in [0.3, 0.4) is 0 Å². The fourth-order valence-corrected chi connectivity index (χ4v) is 2.82. The van der Waals surface area contributed by atoms with Crippen molar-refractivity contribution in [1.82, 2.24) is 0 Å². The highest BCUT2D eigenvalue weighted by molar-refractivity contribution is 5.93. The number of rotatable bonds is 1. The van der Waals surface area contributed by atoms with Gasteiger partial charge in [-0.1, -0.05) is 12.1 Å². The van der Waals surface area contributed by atoms with Crippen LogP contribution in [0.15, 0.2) is 24.3 Å². The standard InChI is InChI=1S/C13H16N2O2/c14-10-5-1-2-6-11(10)15-9-13(17-12(15)16)7-3-4-8-13/h1-2,5-6H,3-4,7-9,14H2. The maximum Gasteiger partial charge on any atom is 0.415 e. The summed E-state index contributed by atoms with van der Waals surface area (Å²) in [5, 5.41) is 0. The predicted octanol–water partition coefficient (Wildman–Crippen LogP) is 2.54. The minimum atomic E-state index is -0.259. The molecule has 3 rings (SSSR count). The Morgan fingerprint density at radius 2 is 1.94 bits per heavy atom. The zero-order valence-electron chi connectivity index (χ0n) is 9.69. The zero-order valence-corrected chi connectivity index (χ0v) is 9.69. The molecule has 4 heteroatoms. The average Bonchev–Trinajstić information content (AvgIpc) is 2.88. The minimum absolute atomic E-state index is 0.251. The van der Waals surface area contributed by atoms with Crippen LogP contribution in [0.25, 0.3) is 0 Å². The van der Waals surface area contributed by atoms with Crippen LogP contribution in [-0.4, -0.2) is 18.2 Å². The Hall–Kier alpha value is -1.71. The molecule has 1 spiro atoms. The lowest BCUT2D eigenvalue weighted by atomic mass is 10.0. The molecule has 0 atom stereocenters. The van der Waals surface area contributed by atoms with Crippen molar-refractivity contribution in [2.75, 3.05) is 17.2 Å². The van der Waals surface area contributed by atoms with E-state index in [1.165, 1.54) is 0 Å². The van der Waals surface area contributed by atoms with Crippen LogP contribution in [0, 0.1) is 0 Å². The molecule has 2 fully saturated rings. The highest BCUT2D eigenvalue weighted by Gasteiger charge is 2.47. The number of nitrogen functional groups attached to an aromatic ring is 1. The van der Waals surface area contributed by atoms with Crippen LogP contribution in [0.1, 0.15) is 25.7 Å². The van der Waals surface area contributed by atoms with E-state index in [0.29, 0.717) is 12.2 Å². The molecule has 17 heavy (non-hydrogen) atoms. The van der Waals surface area contributed by atoms with Gasteiger partial charge in [0.05, 0.1) is 17.9 Å². The molecule has 0 aromatic heterocycles. The van der Waals surface area contributed by atoms with Gasteiger partial charge in [0, 0.05) is 0 Å². The summed E-state index contributed by atoms with van der Waals surface area (Å²) in [7, 11) is 0. The number of nitrogens with two attached hydrogens (primary N) is 1. The molecule has 2 aliphatic rings. The van der Waals surface area contributed by atoms with Crippen LogP contribution >= 0.6 is 0 Å². The molecule has 1 heterocycles. The minimum Gasteiger partial charge on any atom is -0.441 e. The second kappa shape index (κ2) is 3.65. The largest absolute Gasteiger partial charge is 0.441 e. The number of para-hydroxylation sites is 2.